The fourth-order valence-corrected chi connectivity index (χ4v) is 4.29. The Hall–Kier alpha value is -2.31. The lowest BCUT2D eigenvalue weighted by molar-refractivity contribution is 0.0668. The number of carbonyl (C=O) groups excluding carboxylic acids is 2. The number of fused-ring (bicyclic) bond motifs is 1. The van der Waals surface area contributed by atoms with Crippen LogP contribution in [0.25, 0.3) is 11.0 Å². The molecule has 0 bridgehead atoms. The molecule has 1 saturated heterocycles. The molecular formula is C20H19ClN2O3S. The van der Waals surface area contributed by atoms with Crippen LogP contribution in [0.2, 0.25) is 5.02 Å². The molecule has 3 heterocycles. The van der Waals surface area contributed by atoms with E-state index in [0.29, 0.717) is 35.0 Å². The Kier molecular flexibility index (Phi) is 4.93. The number of para-hydroxylation sites is 1. The Labute approximate surface area is 165 Å². The molecule has 0 saturated carbocycles. The van der Waals surface area contributed by atoms with Gasteiger partial charge in [-0.05, 0) is 37.3 Å². The zero-order chi connectivity index (χ0) is 19.0. The number of hydrogen-bond acceptors (Lipinski definition) is 4. The van der Waals surface area contributed by atoms with E-state index < -0.39 is 0 Å². The van der Waals surface area contributed by atoms with Gasteiger partial charge in [-0.3, -0.25) is 9.59 Å². The van der Waals surface area contributed by atoms with Gasteiger partial charge >= 0.3 is 0 Å². The number of amides is 2. The summed E-state index contributed by atoms with van der Waals surface area (Å²) in [6.07, 6.45) is 1.45. The molecule has 0 unspecified atom stereocenters. The van der Waals surface area contributed by atoms with E-state index in [1.165, 1.54) is 11.3 Å². The Balaban J connectivity index is 1.42. The molecule has 1 aliphatic rings. The third-order valence-electron chi connectivity index (χ3n) is 5.01. The molecule has 2 aromatic heterocycles. The van der Waals surface area contributed by atoms with Crippen LogP contribution in [0.5, 0.6) is 0 Å². The minimum Gasteiger partial charge on any atom is -0.449 e. The first-order valence-corrected chi connectivity index (χ1v) is 10.2. The van der Waals surface area contributed by atoms with Crippen molar-refractivity contribution < 1.29 is 14.0 Å². The molecule has 0 aliphatic carbocycles. The number of rotatable bonds is 3. The Bertz CT molecular complexity index is 988. The lowest BCUT2D eigenvalue weighted by Gasteiger charge is -2.32. The molecule has 2 amide bonds. The normalized spacial score (nSPS) is 15.3. The van der Waals surface area contributed by atoms with Gasteiger partial charge in [-0.2, -0.15) is 11.3 Å². The molecule has 0 atom stereocenters. The lowest BCUT2D eigenvalue weighted by atomic mass is 10.0. The van der Waals surface area contributed by atoms with Crippen LogP contribution in [0, 0.1) is 6.92 Å². The SMILES string of the molecule is Cc1c(C(=O)N2CCC(NC(=O)c3ccsc3)CC2)oc2c(Cl)cccc12. The molecular weight excluding hydrogens is 384 g/mol. The van der Waals surface area contributed by atoms with Gasteiger partial charge in [0.2, 0.25) is 0 Å². The number of benzene rings is 1. The van der Waals surface area contributed by atoms with Crippen molar-refractivity contribution in [2.24, 2.45) is 0 Å². The number of furan rings is 1. The third kappa shape index (κ3) is 3.47. The minimum absolute atomic E-state index is 0.0520. The van der Waals surface area contributed by atoms with Gasteiger partial charge in [-0.25, -0.2) is 0 Å². The van der Waals surface area contributed by atoms with Gasteiger partial charge in [0, 0.05) is 41.0 Å². The number of thiophene rings is 1. The summed E-state index contributed by atoms with van der Waals surface area (Å²) in [4.78, 5) is 26.9. The predicted octanol–water partition coefficient (Wildman–Crippen LogP) is 4.49. The fourth-order valence-electron chi connectivity index (χ4n) is 3.45. The quantitative estimate of drug-likeness (QED) is 0.702. The molecule has 1 fully saturated rings. The lowest BCUT2D eigenvalue weighted by Crippen LogP contribution is -2.46. The van der Waals surface area contributed by atoms with Gasteiger partial charge in [-0.1, -0.05) is 23.7 Å². The molecule has 7 heteroatoms. The van der Waals surface area contributed by atoms with Crippen LogP contribution in [0.4, 0.5) is 0 Å². The standard InChI is InChI=1S/C20H19ClN2O3S/c1-12-15-3-2-4-16(21)18(15)26-17(12)20(25)23-8-5-14(6-9-23)22-19(24)13-7-10-27-11-13/h2-4,7,10-11,14H,5-6,8-9H2,1H3,(H,22,24). The Morgan fingerprint density at radius 1 is 1.26 bits per heavy atom. The van der Waals surface area contributed by atoms with E-state index >= 15 is 0 Å². The molecule has 4 rings (SSSR count). The third-order valence-corrected chi connectivity index (χ3v) is 5.99. The number of piperidine rings is 1. The number of carbonyl (C=O) groups is 2. The van der Waals surface area contributed by atoms with E-state index in [-0.39, 0.29) is 17.9 Å². The number of nitrogens with zero attached hydrogens (tertiary/aromatic N) is 1. The summed E-state index contributed by atoms with van der Waals surface area (Å²) in [5, 5.41) is 8.14. The zero-order valence-electron chi connectivity index (χ0n) is 14.8. The van der Waals surface area contributed by atoms with E-state index in [9.17, 15) is 9.59 Å². The van der Waals surface area contributed by atoms with Gasteiger partial charge in [0.15, 0.2) is 11.3 Å². The summed E-state index contributed by atoms with van der Waals surface area (Å²) in [5.74, 6) is 0.171. The highest BCUT2D eigenvalue weighted by molar-refractivity contribution is 7.08. The maximum atomic E-state index is 12.9. The number of nitrogens with one attached hydrogen (secondary N) is 1. The molecule has 5 nitrogen and oxygen atoms in total. The monoisotopic (exact) mass is 402 g/mol. The topological polar surface area (TPSA) is 62.6 Å². The van der Waals surface area contributed by atoms with Crippen molar-refractivity contribution in [2.45, 2.75) is 25.8 Å². The summed E-state index contributed by atoms with van der Waals surface area (Å²) in [5.41, 5.74) is 2.05. The van der Waals surface area contributed by atoms with Crippen molar-refractivity contribution in [3.05, 3.63) is 56.9 Å². The zero-order valence-corrected chi connectivity index (χ0v) is 16.4. The van der Waals surface area contributed by atoms with Crippen molar-refractivity contribution >= 4 is 45.7 Å². The molecule has 1 aliphatic heterocycles. The van der Waals surface area contributed by atoms with Crippen molar-refractivity contribution in [1.82, 2.24) is 10.2 Å². The number of likely N-dealkylation sites (tertiary alicyclic amines) is 1. The summed E-state index contributed by atoms with van der Waals surface area (Å²) in [6.45, 7) is 3.04. The summed E-state index contributed by atoms with van der Waals surface area (Å²) in [7, 11) is 0. The molecule has 0 radical (unpaired) electrons. The largest absolute Gasteiger partial charge is 0.449 e. The van der Waals surface area contributed by atoms with Crippen LogP contribution in [-0.2, 0) is 0 Å². The van der Waals surface area contributed by atoms with E-state index in [4.69, 9.17) is 16.0 Å². The molecule has 0 spiro atoms. The van der Waals surface area contributed by atoms with Crippen LogP contribution < -0.4 is 5.32 Å². The number of halogens is 1. The predicted molar refractivity (Wildman–Crippen MR) is 107 cm³/mol. The molecule has 3 aromatic rings. The second kappa shape index (κ2) is 7.37. The van der Waals surface area contributed by atoms with Crippen LogP contribution in [0.15, 0.2) is 39.4 Å². The molecule has 1 aromatic carbocycles. The minimum atomic E-state index is -0.123. The number of aryl methyl sites for hydroxylation is 1. The second-order valence-corrected chi connectivity index (χ2v) is 7.91. The first kappa shape index (κ1) is 18.1. The summed E-state index contributed by atoms with van der Waals surface area (Å²) in [6, 6.07) is 7.40. The average Bonchev–Trinajstić information content (AvgIpc) is 3.32. The molecule has 140 valence electrons. The highest BCUT2D eigenvalue weighted by Crippen LogP contribution is 2.31. The summed E-state index contributed by atoms with van der Waals surface area (Å²) < 4.78 is 5.79. The van der Waals surface area contributed by atoms with Gasteiger partial charge in [0.1, 0.15) is 0 Å². The molecule has 27 heavy (non-hydrogen) atoms. The first-order chi connectivity index (χ1) is 13.0. The highest BCUT2D eigenvalue weighted by atomic mass is 35.5. The maximum Gasteiger partial charge on any atom is 0.289 e. The van der Waals surface area contributed by atoms with E-state index in [2.05, 4.69) is 5.32 Å². The van der Waals surface area contributed by atoms with Gasteiger partial charge in [0.25, 0.3) is 11.8 Å². The summed E-state index contributed by atoms with van der Waals surface area (Å²) >= 11 is 7.69. The first-order valence-electron chi connectivity index (χ1n) is 8.84. The average molecular weight is 403 g/mol. The van der Waals surface area contributed by atoms with E-state index in [0.717, 1.165) is 23.8 Å². The highest BCUT2D eigenvalue weighted by Gasteiger charge is 2.28. The fraction of sp³-hybridized carbons (Fsp3) is 0.300. The van der Waals surface area contributed by atoms with Crippen LogP contribution in [0.3, 0.4) is 0 Å². The van der Waals surface area contributed by atoms with Crippen molar-refractivity contribution in [3.8, 4) is 0 Å². The molecule has 1 N–H and O–H groups in total. The maximum absolute atomic E-state index is 12.9. The number of hydrogen-bond donors (Lipinski definition) is 1. The van der Waals surface area contributed by atoms with Crippen molar-refractivity contribution in [2.75, 3.05) is 13.1 Å². The second-order valence-electron chi connectivity index (χ2n) is 6.72. The van der Waals surface area contributed by atoms with Crippen molar-refractivity contribution in [3.63, 3.8) is 0 Å². The van der Waals surface area contributed by atoms with Gasteiger partial charge < -0.3 is 14.6 Å². The Morgan fingerprint density at radius 2 is 2.04 bits per heavy atom. The van der Waals surface area contributed by atoms with E-state index in [1.54, 1.807) is 11.0 Å². The Morgan fingerprint density at radius 3 is 2.70 bits per heavy atom. The van der Waals surface area contributed by atoms with Gasteiger partial charge in [0.05, 0.1) is 5.02 Å². The van der Waals surface area contributed by atoms with Crippen molar-refractivity contribution in [1.29, 1.82) is 0 Å². The smallest absolute Gasteiger partial charge is 0.289 e. The van der Waals surface area contributed by atoms with Crippen LogP contribution in [-0.4, -0.2) is 35.8 Å². The van der Waals surface area contributed by atoms with Crippen LogP contribution in [0.1, 0.15) is 39.3 Å². The van der Waals surface area contributed by atoms with Crippen LogP contribution >= 0.6 is 22.9 Å². The van der Waals surface area contributed by atoms with E-state index in [1.807, 2.05) is 35.9 Å². The van der Waals surface area contributed by atoms with Gasteiger partial charge in [-0.15, -0.1) is 0 Å².